The number of alkyl halides is 1. The average molecular weight is 188 g/mol. The summed E-state index contributed by atoms with van der Waals surface area (Å²) in [6, 6.07) is 0. The summed E-state index contributed by atoms with van der Waals surface area (Å²) in [7, 11) is 0. The smallest absolute Gasteiger partial charge is 0.0404 e. The van der Waals surface area contributed by atoms with E-state index in [9.17, 15) is 0 Å². The monoisotopic (exact) mass is 187 g/mol. The first-order chi connectivity index (χ1) is 5.83. The number of nitrogens with one attached hydrogen (secondary N) is 1. The minimum Gasteiger partial charge on any atom is -0.308 e. The summed E-state index contributed by atoms with van der Waals surface area (Å²) in [6.07, 6.45) is 9.44. The molecule has 0 atom stereocenters. The number of rotatable bonds is 5. The lowest BCUT2D eigenvalue weighted by Gasteiger charge is -2.42. The van der Waals surface area contributed by atoms with Gasteiger partial charge in [-0.15, -0.1) is 11.6 Å². The Kier molecular flexibility index (Phi) is 4.10. The van der Waals surface area contributed by atoms with Crippen molar-refractivity contribution in [3.8, 4) is 0 Å². The van der Waals surface area contributed by atoms with Crippen LogP contribution in [0.1, 0.15) is 32.6 Å². The van der Waals surface area contributed by atoms with Crippen LogP contribution >= 0.6 is 11.6 Å². The maximum Gasteiger partial charge on any atom is 0.0404 e. The molecule has 12 heavy (non-hydrogen) atoms. The fraction of sp³-hybridized carbons (Fsp3) is 0.800. The van der Waals surface area contributed by atoms with Gasteiger partial charge in [0.05, 0.1) is 0 Å². The van der Waals surface area contributed by atoms with Crippen LogP contribution in [0.25, 0.3) is 0 Å². The van der Waals surface area contributed by atoms with Gasteiger partial charge in [0.2, 0.25) is 0 Å². The lowest BCUT2D eigenvalue weighted by atomic mass is 9.75. The van der Waals surface area contributed by atoms with Gasteiger partial charge in [-0.05, 0) is 25.7 Å². The van der Waals surface area contributed by atoms with Crippen LogP contribution in [-0.2, 0) is 0 Å². The van der Waals surface area contributed by atoms with Crippen LogP contribution in [0.3, 0.4) is 0 Å². The maximum atomic E-state index is 5.52. The zero-order chi connectivity index (χ0) is 8.86. The second kappa shape index (κ2) is 4.88. The summed E-state index contributed by atoms with van der Waals surface area (Å²) in [5.41, 5.74) is 0.469. The van der Waals surface area contributed by atoms with Gasteiger partial charge in [0, 0.05) is 18.0 Å². The topological polar surface area (TPSA) is 12.0 Å². The van der Waals surface area contributed by atoms with Gasteiger partial charge in [0.1, 0.15) is 0 Å². The number of hydrogen-bond donors (Lipinski definition) is 1. The van der Waals surface area contributed by atoms with E-state index in [0.29, 0.717) is 11.4 Å². The van der Waals surface area contributed by atoms with Gasteiger partial charge >= 0.3 is 0 Å². The van der Waals surface area contributed by atoms with Crippen molar-refractivity contribution in [2.45, 2.75) is 38.1 Å². The molecule has 0 aliphatic heterocycles. The van der Waals surface area contributed by atoms with E-state index < -0.39 is 0 Å². The summed E-state index contributed by atoms with van der Waals surface area (Å²) in [6.45, 7) is 3.23. The number of hydrogen-bond acceptors (Lipinski definition) is 1. The third-order valence-corrected chi connectivity index (χ3v) is 3.02. The molecule has 1 fully saturated rings. The largest absolute Gasteiger partial charge is 0.308 e. The molecule has 0 aromatic rings. The molecule has 0 unspecified atom stereocenters. The van der Waals surface area contributed by atoms with Crippen molar-refractivity contribution in [2.75, 3.05) is 12.4 Å². The Labute approximate surface area is 80.2 Å². The summed E-state index contributed by atoms with van der Waals surface area (Å²) in [5.74, 6) is 0.626. The Balaban J connectivity index is 2.16. The molecular formula is C10H18ClN. The molecule has 1 saturated carbocycles. The quantitative estimate of drug-likeness (QED) is 0.516. The van der Waals surface area contributed by atoms with Gasteiger partial charge in [-0.3, -0.25) is 0 Å². The third-order valence-electron chi connectivity index (χ3n) is 2.84. The van der Waals surface area contributed by atoms with Crippen molar-refractivity contribution in [1.82, 2.24) is 5.32 Å². The van der Waals surface area contributed by atoms with Crippen LogP contribution in [0, 0.1) is 0 Å². The van der Waals surface area contributed by atoms with Crippen LogP contribution in [0.5, 0.6) is 0 Å². The van der Waals surface area contributed by atoms with Crippen molar-refractivity contribution in [2.24, 2.45) is 0 Å². The molecule has 1 aliphatic carbocycles. The molecular weight excluding hydrogens is 170 g/mol. The molecule has 70 valence electrons. The fourth-order valence-electron chi connectivity index (χ4n) is 1.68. The highest BCUT2D eigenvalue weighted by molar-refractivity contribution is 6.18. The first-order valence-corrected chi connectivity index (χ1v) is 5.32. The summed E-state index contributed by atoms with van der Waals surface area (Å²) in [4.78, 5) is 0. The third kappa shape index (κ3) is 2.49. The van der Waals surface area contributed by atoms with Crippen LogP contribution < -0.4 is 5.32 Å². The van der Waals surface area contributed by atoms with Crippen molar-refractivity contribution in [3.63, 3.8) is 0 Å². The van der Waals surface area contributed by atoms with Gasteiger partial charge in [0.25, 0.3) is 0 Å². The molecule has 0 aromatic carbocycles. The summed E-state index contributed by atoms with van der Waals surface area (Å²) < 4.78 is 0. The molecule has 0 bridgehead atoms. The molecule has 1 N–H and O–H groups in total. The van der Waals surface area contributed by atoms with E-state index in [2.05, 4.69) is 18.3 Å². The van der Waals surface area contributed by atoms with E-state index in [-0.39, 0.29) is 0 Å². The predicted molar refractivity (Wildman–Crippen MR) is 54.7 cm³/mol. The van der Waals surface area contributed by atoms with Gasteiger partial charge in [-0.2, -0.15) is 0 Å². The highest BCUT2D eigenvalue weighted by Crippen LogP contribution is 2.34. The van der Waals surface area contributed by atoms with Crippen LogP contribution in [0.4, 0.5) is 0 Å². The first kappa shape index (κ1) is 10.1. The number of allylic oxidation sites excluding steroid dienone is 1. The Hall–Kier alpha value is -0.0100. The zero-order valence-electron chi connectivity index (χ0n) is 7.78. The van der Waals surface area contributed by atoms with Gasteiger partial charge < -0.3 is 5.32 Å². The normalized spacial score (nSPS) is 21.2. The molecule has 0 amide bonds. The fourth-order valence-corrected chi connectivity index (χ4v) is 1.81. The second-order valence-corrected chi connectivity index (χ2v) is 3.80. The molecule has 0 heterocycles. The minimum atomic E-state index is 0.469. The van der Waals surface area contributed by atoms with E-state index in [4.69, 9.17) is 11.6 Å². The summed E-state index contributed by atoms with van der Waals surface area (Å²) in [5, 5.41) is 3.57. The lowest BCUT2D eigenvalue weighted by molar-refractivity contribution is 0.184. The maximum absolute atomic E-state index is 5.52. The SMILES string of the molecule is CCC1(NC/C=C/CCl)CCC1. The van der Waals surface area contributed by atoms with Gasteiger partial charge in [-0.25, -0.2) is 0 Å². The highest BCUT2D eigenvalue weighted by Gasteiger charge is 2.33. The van der Waals surface area contributed by atoms with E-state index in [1.807, 2.05) is 6.08 Å². The zero-order valence-corrected chi connectivity index (χ0v) is 8.53. The standard InChI is InChI=1S/C10H18ClN/c1-2-10(6-5-7-10)12-9-4-3-8-11/h3-4,12H,2,5-9H2,1H3/b4-3+. The van der Waals surface area contributed by atoms with Crippen LogP contribution in [0.2, 0.25) is 0 Å². The highest BCUT2D eigenvalue weighted by atomic mass is 35.5. The molecule has 0 radical (unpaired) electrons. The molecule has 1 rings (SSSR count). The van der Waals surface area contributed by atoms with Crippen molar-refractivity contribution >= 4 is 11.6 Å². The Morgan fingerprint density at radius 2 is 2.17 bits per heavy atom. The average Bonchev–Trinajstić information content (AvgIpc) is 2.02. The van der Waals surface area contributed by atoms with E-state index >= 15 is 0 Å². The lowest BCUT2D eigenvalue weighted by Crippen LogP contribution is -2.50. The number of halogens is 1. The van der Waals surface area contributed by atoms with Crippen LogP contribution in [-0.4, -0.2) is 18.0 Å². The first-order valence-electron chi connectivity index (χ1n) is 4.79. The second-order valence-electron chi connectivity index (χ2n) is 3.49. The molecule has 2 heteroatoms. The Morgan fingerprint density at radius 1 is 1.42 bits per heavy atom. The molecule has 1 nitrogen and oxygen atoms in total. The van der Waals surface area contributed by atoms with Gasteiger partial charge in [0.15, 0.2) is 0 Å². The van der Waals surface area contributed by atoms with Crippen molar-refractivity contribution in [3.05, 3.63) is 12.2 Å². The molecule has 1 aliphatic rings. The summed E-state index contributed by atoms with van der Waals surface area (Å²) >= 11 is 5.52. The Morgan fingerprint density at radius 3 is 2.58 bits per heavy atom. The van der Waals surface area contributed by atoms with E-state index in [1.165, 1.54) is 25.7 Å². The van der Waals surface area contributed by atoms with E-state index in [0.717, 1.165) is 6.54 Å². The van der Waals surface area contributed by atoms with Crippen molar-refractivity contribution in [1.29, 1.82) is 0 Å². The Bertz CT molecular complexity index is 144. The van der Waals surface area contributed by atoms with Crippen molar-refractivity contribution < 1.29 is 0 Å². The molecule has 0 aromatic heterocycles. The molecule has 0 spiro atoms. The van der Waals surface area contributed by atoms with Crippen LogP contribution in [0.15, 0.2) is 12.2 Å². The van der Waals surface area contributed by atoms with E-state index in [1.54, 1.807) is 0 Å². The molecule has 0 saturated heterocycles. The minimum absolute atomic E-state index is 0.469. The predicted octanol–water partition coefficient (Wildman–Crippen LogP) is 2.70. The van der Waals surface area contributed by atoms with Gasteiger partial charge in [-0.1, -0.05) is 19.1 Å².